The van der Waals surface area contributed by atoms with Crippen LogP contribution in [0, 0.1) is 0 Å². The van der Waals surface area contributed by atoms with Crippen LogP contribution in [0.4, 0.5) is 0 Å². The summed E-state index contributed by atoms with van der Waals surface area (Å²) in [6, 6.07) is 0. The quantitative estimate of drug-likeness (QED) is 0.618. The normalized spacial score (nSPS) is 9.88. The standard InChI is InChI=1S/C4H4BrClN2/c1-8-2-3(5)4(6)7-8/h2H,1H3. The van der Waals surface area contributed by atoms with E-state index in [-0.39, 0.29) is 0 Å². The summed E-state index contributed by atoms with van der Waals surface area (Å²) in [4.78, 5) is 0. The van der Waals surface area contributed by atoms with Crippen LogP contribution < -0.4 is 0 Å². The van der Waals surface area contributed by atoms with E-state index in [0.717, 1.165) is 4.47 Å². The highest BCUT2D eigenvalue weighted by Gasteiger charge is 1.97. The molecule has 1 rings (SSSR count). The van der Waals surface area contributed by atoms with Crippen LogP contribution in [-0.4, -0.2) is 9.78 Å². The molecule has 0 saturated heterocycles. The van der Waals surface area contributed by atoms with Gasteiger partial charge in [-0.05, 0) is 15.9 Å². The second kappa shape index (κ2) is 2.07. The maximum absolute atomic E-state index is 5.55. The third kappa shape index (κ3) is 1.03. The van der Waals surface area contributed by atoms with E-state index in [1.54, 1.807) is 10.9 Å². The van der Waals surface area contributed by atoms with Crippen LogP contribution in [0.5, 0.6) is 0 Å². The minimum absolute atomic E-state index is 0.507. The molecule has 44 valence electrons. The highest BCUT2D eigenvalue weighted by molar-refractivity contribution is 9.10. The maximum atomic E-state index is 5.55. The molecule has 0 radical (unpaired) electrons. The summed E-state index contributed by atoms with van der Waals surface area (Å²) in [7, 11) is 1.82. The van der Waals surface area contributed by atoms with Gasteiger partial charge in [0.25, 0.3) is 0 Å². The van der Waals surface area contributed by atoms with E-state index >= 15 is 0 Å². The maximum Gasteiger partial charge on any atom is 0.165 e. The molecule has 0 saturated carbocycles. The Morgan fingerprint density at radius 2 is 2.50 bits per heavy atom. The van der Waals surface area contributed by atoms with Crippen molar-refractivity contribution in [3.05, 3.63) is 15.8 Å². The highest BCUT2D eigenvalue weighted by atomic mass is 79.9. The lowest BCUT2D eigenvalue weighted by molar-refractivity contribution is 0.768. The largest absolute Gasteiger partial charge is 0.273 e. The summed E-state index contributed by atoms with van der Waals surface area (Å²) in [5.74, 6) is 0. The van der Waals surface area contributed by atoms with E-state index in [0.29, 0.717) is 5.15 Å². The van der Waals surface area contributed by atoms with Gasteiger partial charge < -0.3 is 0 Å². The molecular formula is C4H4BrClN2. The molecule has 0 aliphatic heterocycles. The summed E-state index contributed by atoms with van der Waals surface area (Å²) in [5.41, 5.74) is 0. The second-order valence-corrected chi connectivity index (χ2v) is 2.65. The Morgan fingerprint density at radius 3 is 2.62 bits per heavy atom. The van der Waals surface area contributed by atoms with Crippen molar-refractivity contribution in [1.82, 2.24) is 9.78 Å². The molecule has 0 aliphatic rings. The Bertz CT molecular complexity index is 176. The summed E-state index contributed by atoms with van der Waals surface area (Å²) >= 11 is 8.75. The average molecular weight is 195 g/mol. The molecule has 1 aromatic rings. The van der Waals surface area contributed by atoms with Crippen molar-refractivity contribution < 1.29 is 0 Å². The number of rotatable bonds is 0. The Morgan fingerprint density at radius 1 is 1.88 bits per heavy atom. The first-order chi connectivity index (χ1) is 3.70. The molecule has 2 nitrogen and oxygen atoms in total. The minimum Gasteiger partial charge on any atom is -0.273 e. The predicted octanol–water partition coefficient (Wildman–Crippen LogP) is 1.84. The Labute approximate surface area is 60.6 Å². The lowest BCUT2D eigenvalue weighted by atomic mass is 10.7. The molecule has 0 unspecified atom stereocenters. The van der Waals surface area contributed by atoms with Gasteiger partial charge in [-0.15, -0.1) is 0 Å². The molecule has 0 amide bonds. The molecule has 0 fully saturated rings. The monoisotopic (exact) mass is 194 g/mol. The zero-order valence-corrected chi connectivity index (χ0v) is 6.57. The molecule has 0 aromatic carbocycles. The average Bonchev–Trinajstić information content (AvgIpc) is 1.85. The first kappa shape index (κ1) is 6.11. The summed E-state index contributed by atoms with van der Waals surface area (Å²) in [6.07, 6.45) is 1.79. The number of nitrogens with zero attached hydrogens (tertiary/aromatic N) is 2. The zero-order chi connectivity index (χ0) is 6.15. The second-order valence-electron chi connectivity index (χ2n) is 1.44. The van der Waals surface area contributed by atoms with E-state index < -0.39 is 0 Å². The number of hydrogen-bond acceptors (Lipinski definition) is 1. The molecule has 0 N–H and O–H groups in total. The van der Waals surface area contributed by atoms with E-state index in [1.807, 2.05) is 7.05 Å². The van der Waals surface area contributed by atoms with Gasteiger partial charge in [0.2, 0.25) is 0 Å². The third-order valence-corrected chi connectivity index (χ3v) is 1.83. The van der Waals surface area contributed by atoms with E-state index in [9.17, 15) is 0 Å². The number of hydrogen-bond donors (Lipinski definition) is 0. The summed E-state index contributed by atoms with van der Waals surface area (Å²) in [5, 5.41) is 4.35. The van der Waals surface area contributed by atoms with E-state index in [1.165, 1.54) is 0 Å². The highest BCUT2D eigenvalue weighted by Crippen LogP contribution is 2.18. The van der Waals surface area contributed by atoms with Crippen LogP contribution in [0.15, 0.2) is 10.7 Å². The lowest BCUT2D eigenvalue weighted by Gasteiger charge is -1.78. The topological polar surface area (TPSA) is 17.8 Å². The van der Waals surface area contributed by atoms with Gasteiger partial charge in [-0.3, -0.25) is 4.68 Å². The SMILES string of the molecule is Cn1cc(Br)c(Cl)n1. The van der Waals surface area contributed by atoms with Gasteiger partial charge in [-0.2, -0.15) is 5.10 Å². The van der Waals surface area contributed by atoms with Crippen molar-refractivity contribution in [1.29, 1.82) is 0 Å². The molecule has 4 heteroatoms. The van der Waals surface area contributed by atoms with Gasteiger partial charge in [-0.25, -0.2) is 0 Å². The van der Waals surface area contributed by atoms with Crippen molar-refractivity contribution in [3.8, 4) is 0 Å². The molecule has 0 atom stereocenters. The van der Waals surface area contributed by atoms with Crippen molar-refractivity contribution >= 4 is 27.5 Å². The molecule has 0 aliphatic carbocycles. The van der Waals surface area contributed by atoms with Crippen LogP contribution in [0.1, 0.15) is 0 Å². The summed E-state index contributed by atoms with van der Waals surface area (Å²) in [6.45, 7) is 0. The van der Waals surface area contributed by atoms with E-state index in [4.69, 9.17) is 11.6 Å². The zero-order valence-electron chi connectivity index (χ0n) is 4.23. The Kier molecular flexibility index (Phi) is 1.58. The molecule has 0 spiro atoms. The molecule has 0 bridgehead atoms. The molecule has 1 heterocycles. The Balaban J connectivity index is 3.14. The van der Waals surface area contributed by atoms with Crippen LogP contribution in [0.3, 0.4) is 0 Å². The Hall–Kier alpha value is -0.0200. The molecular weight excluding hydrogens is 191 g/mol. The number of aromatic nitrogens is 2. The van der Waals surface area contributed by atoms with E-state index in [2.05, 4.69) is 21.0 Å². The summed E-state index contributed by atoms with van der Waals surface area (Å²) < 4.78 is 2.48. The van der Waals surface area contributed by atoms with Crippen LogP contribution in [-0.2, 0) is 7.05 Å². The van der Waals surface area contributed by atoms with Gasteiger partial charge in [0.15, 0.2) is 5.15 Å². The van der Waals surface area contributed by atoms with Gasteiger partial charge in [0.05, 0.1) is 4.47 Å². The number of halogens is 2. The lowest BCUT2D eigenvalue weighted by Crippen LogP contribution is -1.84. The van der Waals surface area contributed by atoms with Gasteiger partial charge in [-0.1, -0.05) is 11.6 Å². The molecule has 1 aromatic heterocycles. The van der Waals surface area contributed by atoms with Crippen LogP contribution in [0.2, 0.25) is 5.15 Å². The van der Waals surface area contributed by atoms with Gasteiger partial charge in [0, 0.05) is 13.2 Å². The molecule has 8 heavy (non-hydrogen) atoms. The first-order valence-electron chi connectivity index (χ1n) is 2.05. The number of aryl methyl sites for hydroxylation is 1. The van der Waals surface area contributed by atoms with Gasteiger partial charge >= 0.3 is 0 Å². The fourth-order valence-electron chi connectivity index (χ4n) is 0.432. The van der Waals surface area contributed by atoms with Crippen molar-refractivity contribution in [2.75, 3.05) is 0 Å². The first-order valence-corrected chi connectivity index (χ1v) is 3.22. The third-order valence-electron chi connectivity index (χ3n) is 0.743. The van der Waals surface area contributed by atoms with Crippen LogP contribution >= 0.6 is 27.5 Å². The fourth-order valence-corrected chi connectivity index (χ4v) is 0.976. The van der Waals surface area contributed by atoms with Crippen LogP contribution in [0.25, 0.3) is 0 Å². The minimum atomic E-state index is 0.507. The van der Waals surface area contributed by atoms with Crippen molar-refractivity contribution in [2.45, 2.75) is 0 Å². The van der Waals surface area contributed by atoms with Crippen molar-refractivity contribution in [3.63, 3.8) is 0 Å². The predicted molar refractivity (Wildman–Crippen MR) is 35.9 cm³/mol. The van der Waals surface area contributed by atoms with Crippen molar-refractivity contribution in [2.24, 2.45) is 7.05 Å². The fraction of sp³-hybridized carbons (Fsp3) is 0.250. The van der Waals surface area contributed by atoms with Gasteiger partial charge in [0.1, 0.15) is 0 Å². The smallest absolute Gasteiger partial charge is 0.165 e.